The molecule has 1 aromatic rings. The average molecular weight is 299 g/mol. The van der Waals surface area contributed by atoms with Crippen molar-refractivity contribution in [3.05, 3.63) is 28.2 Å². The summed E-state index contributed by atoms with van der Waals surface area (Å²) in [5.74, 6) is 0. The van der Waals surface area contributed by atoms with Gasteiger partial charge in [0.25, 0.3) is 0 Å². The van der Waals surface area contributed by atoms with E-state index in [9.17, 15) is 0 Å². The van der Waals surface area contributed by atoms with Gasteiger partial charge in [0.1, 0.15) is 0 Å². The van der Waals surface area contributed by atoms with Gasteiger partial charge in [0.2, 0.25) is 0 Å². The van der Waals surface area contributed by atoms with Crippen LogP contribution in [0.25, 0.3) is 0 Å². The van der Waals surface area contributed by atoms with Crippen LogP contribution in [0.5, 0.6) is 0 Å². The smallest absolute Gasteiger partial charge is 0.0410 e. The van der Waals surface area contributed by atoms with Crippen molar-refractivity contribution in [2.75, 3.05) is 18.5 Å². The Labute approximate surface area is 113 Å². The van der Waals surface area contributed by atoms with Gasteiger partial charge in [0.05, 0.1) is 0 Å². The predicted molar refractivity (Wildman–Crippen MR) is 79.7 cm³/mol. The second-order valence-electron chi connectivity index (χ2n) is 4.39. The Balaban J connectivity index is 3.04. The molecule has 0 aliphatic rings. The van der Waals surface area contributed by atoms with Crippen molar-refractivity contribution < 1.29 is 0 Å². The third kappa shape index (κ3) is 3.71. The summed E-state index contributed by atoms with van der Waals surface area (Å²) in [7, 11) is 2.18. The maximum absolute atomic E-state index is 5.68. The quantitative estimate of drug-likeness (QED) is 0.870. The van der Waals surface area contributed by atoms with E-state index in [-0.39, 0.29) is 0 Å². The number of hydrogen-bond donors (Lipinski definition) is 1. The summed E-state index contributed by atoms with van der Waals surface area (Å²) in [5, 5.41) is 0. The summed E-state index contributed by atoms with van der Waals surface area (Å²) in [6, 6.07) is 7.06. The summed E-state index contributed by atoms with van der Waals surface area (Å²) in [6.45, 7) is 5.18. The lowest BCUT2D eigenvalue weighted by Gasteiger charge is -2.30. The number of benzene rings is 1. The molecule has 0 aliphatic heterocycles. The van der Waals surface area contributed by atoms with E-state index in [2.05, 4.69) is 59.9 Å². The Hall–Kier alpha value is -0.540. The largest absolute Gasteiger partial charge is 0.371 e. The molecule has 0 saturated carbocycles. The van der Waals surface area contributed by atoms with Crippen molar-refractivity contribution in [1.82, 2.24) is 0 Å². The molecule has 0 unspecified atom stereocenters. The molecule has 0 bridgehead atoms. The first-order chi connectivity index (χ1) is 8.13. The summed E-state index contributed by atoms with van der Waals surface area (Å²) in [6.07, 6.45) is 3.27. The van der Waals surface area contributed by atoms with Gasteiger partial charge in [-0.15, -0.1) is 0 Å². The Bertz CT molecular complexity index is 348. The molecular formula is C14H23BrN2. The molecule has 1 aromatic carbocycles. The van der Waals surface area contributed by atoms with Gasteiger partial charge in [-0.05, 0) is 43.5 Å². The van der Waals surface area contributed by atoms with Crippen LogP contribution in [0.3, 0.4) is 0 Å². The Kier molecular flexibility index (Phi) is 6.00. The van der Waals surface area contributed by atoms with Crippen LogP contribution in [-0.4, -0.2) is 19.6 Å². The highest BCUT2D eigenvalue weighted by Gasteiger charge is 2.14. The van der Waals surface area contributed by atoms with Gasteiger partial charge >= 0.3 is 0 Å². The first-order valence-corrected chi connectivity index (χ1v) is 7.14. The molecule has 96 valence electrons. The van der Waals surface area contributed by atoms with Crippen molar-refractivity contribution in [1.29, 1.82) is 0 Å². The van der Waals surface area contributed by atoms with Crippen molar-refractivity contribution in [3.8, 4) is 0 Å². The Morgan fingerprint density at radius 3 is 2.47 bits per heavy atom. The minimum atomic E-state index is 0.598. The number of halogens is 1. The van der Waals surface area contributed by atoms with Gasteiger partial charge in [0, 0.05) is 23.2 Å². The molecule has 3 heteroatoms. The summed E-state index contributed by atoms with van der Waals surface area (Å²) in [5.41, 5.74) is 8.32. The average Bonchev–Trinajstić information content (AvgIpc) is 2.33. The third-order valence-corrected chi connectivity index (χ3v) is 3.82. The fraction of sp³-hybridized carbons (Fsp3) is 0.571. The highest BCUT2D eigenvalue weighted by molar-refractivity contribution is 9.10. The fourth-order valence-corrected chi connectivity index (χ4v) is 2.61. The van der Waals surface area contributed by atoms with Crippen molar-refractivity contribution >= 4 is 21.6 Å². The first kappa shape index (κ1) is 14.5. The summed E-state index contributed by atoms with van der Waals surface area (Å²) >= 11 is 3.55. The van der Waals surface area contributed by atoms with Gasteiger partial charge in [0.15, 0.2) is 0 Å². The molecule has 2 nitrogen and oxygen atoms in total. The van der Waals surface area contributed by atoms with E-state index < -0.39 is 0 Å². The van der Waals surface area contributed by atoms with E-state index in [4.69, 9.17) is 5.73 Å². The van der Waals surface area contributed by atoms with Crippen LogP contribution < -0.4 is 10.6 Å². The van der Waals surface area contributed by atoms with Crippen LogP contribution in [0.2, 0.25) is 0 Å². The second kappa shape index (κ2) is 7.02. The highest BCUT2D eigenvalue weighted by Crippen LogP contribution is 2.27. The van der Waals surface area contributed by atoms with Gasteiger partial charge in [-0.3, -0.25) is 0 Å². The molecule has 0 saturated heterocycles. The molecule has 2 N–H and O–H groups in total. The number of anilines is 1. The molecule has 17 heavy (non-hydrogen) atoms. The van der Waals surface area contributed by atoms with Crippen LogP contribution in [0, 0.1) is 0 Å². The minimum absolute atomic E-state index is 0.598. The van der Waals surface area contributed by atoms with E-state index in [1.165, 1.54) is 24.1 Å². The molecule has 0 aromatic heterocycles. The number of nitrogens with zero attached hydrogens (tertiary/aromatic N) is 1. The van der Waals surface area contributed by atoms with Crippen molar-refractivity contribution in [2.24, 2.45) is 5.73 Å². The van der Waals surface area contributed by atoms with Crippen LogP contribution in [0.1, 0.15) is 32.3 Å². The molecule has 0 aliphatic carbocycles. The van der Waals surface area contributed by atoms with Gasteiger partial charge in [-0.2, -0.15) is 0 Å². The maximum atomic E-state index is 5.68. The first-order valence-electron chi connectivity index (χ1n) is 6.35. The third-order valence-electron chi connectivity index (χ3n) is 3.33. The molecule has 0 amide bonds. The van der Waals surface area contributed by atoms with Crippen LogP contribution in [0.15, 0.2) is 22.7 Å². The maximum Gasteiger partial charge on any atom is 0.0410 e. The molecule has 0 spiro atoms. The number of rotatable bonds is 6. The molecule has 0 atom stereocenters. The zero-order chi connectivity index (χ0) is 12.8. The fourth-order valence-electron chi connectivity index (χ4n) is 2.27. The van der Waals surface area contributed by atoms with Crippen molar-refractivity contribution in [3.63, 3.8) is 0 Å². The topological polar surface area (TPSA) is 29.3 Å². The lowest BCUT2D eigenvalue weighted by Crippen LogP contribution is -2.31. The monoisotopic (exact) mass is 298 g/mol. The van der Waals surface area contributed by atoms with Gasteiger partial charge in [-0.1, -0.05) is 35.8 Å². The molecule has 0 heterocycles. The van der Waals surface area contributed by atoms with Gasteiger partial charge in [-0.25, -0.2) is 0 Å². The lowest BCUT2D eigenvalue weighted by molar-refractivity contribution is 0.590. The SMILES string of the molecule is CCC(CC)N(C)c1cc(Br)ccc1CCN. The van der Waals surface area contributed by atoms with Crippen LogP contribution in [-0.2, 0) is 6.42 Å². The standard InChI is InChI=1S/C14H23BrN2/c1-4-13(5-2)17(3)14-10-12(15)7-6-11(14)8-9-16/h6-7,10,13H,4-5,8-9,16H2,1-3H3. The zero-order valence-corrected chi connectivity index (χ0v) is 12.6. The molecular weight excluding hydrogens is 276 g/mol. The molecule has 0 radical (unpaired) electrons. The van der Waals surface area contributed by atoms with Crippen molar-refractivity contribution in [2.45, 2.75) is 39.2 Å². The number of hydrogen-bond acceptors (Lipinski definition) is 2. The second-order valence-corrected chi connectivity index (χ2v) is 5.31. The zero-order valence-electron chi connectivity index (χ0n) is 11.0. The Morgan fingerprint density at radius 1 is 1.29 bits per heavy atom. The van der Waals surface area contributed by atoms with E-state index in [0.29, 0.717) is 12.6 Å². The van der Waals surface area contributed by atoms with Gasteiger partial charge < -0.3 is 10.6 Å². The highest BCUT2D eigenvalue weighted by atomic mass is 79.9. The van der Waals surface area contributed by atoms with E-state index in [1.807, 2.05) is 0 Å². The van der Waals surface area contributed by atoms with E-state index >= 15 is 0 Å². The summed E-state index contributed by atoms with van der Waals surface area (Å²) < 4.78 is 1.13. The van der Waals surface area contributed by atoms with Crippen LogP contribution >= 0.6 is 15.9 Å². The normalized spacial score (nSPS) is 10.9. The molecule has 1 rings (SSSR count). The molecule has 0 fully saturated rings. The van der Waals surface area contributed by atoms with E-state index in [1.54, 1.807) is 0 Å². The minimum Gasteiger partial charge on any atom is -0.371 e. The lowest BCUT2D eigenvalue weighted by atomic mass is 10.1. The van der Waals surface area contributed by atoms with E-state index in [0.717, 1.165) is 10.9 Å². The predicted octanol–water partition coefficient (Wildman–Crippen LogP) is 3.58. The number of nitrogens with two attached hydrogens (primary N) is 1. The Morgan fingerprint density at radius 2 is 1.94 bits per heavy atom. The summed E-state index contributed by atoms with van der Waals surface area (Å²) in [4.78, 5) is 2.38. The van der Waals surface area contributed by atoms with Crippen LogP contribution in [0.4, 0.5) is 5.69 Å².